The van der Waals surface area contributed by atoms with Crippen LogP contribution in [0.1, 0.15) is 59.4 Å². The van der Waals surface area contributed by atoms with E-state index in [1.165, 1.54) is 0 Å². The summed E-state index contributed by atoms with van der Waals surface area (Å²) in [5, 5.41) is 0. The smallest absolute Gasteiger partial charge is 0.309 e. The van der Waals surface area contributed by atoms with Gasteiger partial charge >= 0.3 is 5.97 Å². The van der Waals surface area contributed by atoms with E-state index in [-0.39, 0.29) is 42.9 Å². The van der Waals surface area contributed by atoms with Crippen LogP contribution >= 0.6 is 0 Å². The van der Waals surface area contributed by atoms with Crippen LogP contribution in [0.3, 0.4) is 0 Å². The van der Waals surface area contributed by atoms with E-state index >= 15 is 0 Å². The molecule has 2 aliphatic carbocycles. The first-order valence-electron chi connectivity index (χ1n) is 11.7. The molecule has 33 heavy (non-hydrogen) atoms. The number of hydrogen-bond donors (Lipinski definition) is 0. The van der Waals surface area contributed by atoms with Crippen molar-refractivity contribution in [1.82, 2.24) is 4.57 Å². The molecule has 5 rings (SSSR count). The first-order valence-corrected chi connectivity index (χ1v) is 11.7. The number of rotatable bonds is 6. The van der Waals surface area contributed by atoms with E-state index in [0.29, 0.717) is 30.7 Å². The van der Waals surface area contributed by atoms with Gasteiger partial charge in [-0.25, -0.2) is 0 Å². The quantitative estimate of drug-likeness (QED) is 0.488. The summed E-state index contributed by atoms with van der Waals surface area (Å²) in [5.74, 6) is 0.930. The van der Waals surface area contributed by atoms with Gasteiger partial charge in [-0.05, 0) is 63.3 Å². The fourth-order valence-electron chi connectivity index (χ4n) is 5.55. The van der Waals surface area contributed by atoms with E-state index in [4.69, 9.17) is 14.2 Å². The van der Waals surface area contributed by atoms with Gasteiger partial charge in [0.25, 0.3) is 0 Å². The van der Waals surface area contributed by atoms with Crippen molar-refractivity contribution in [1.29, 1.82) is 0 Å². The molecule has 174 valence electrons. The standard InChI is InChI=1S/C26H29NO6/c1-15-8-21(16(2)27(15)12-17-6-7-23-24(9-17)33-14-32-23)22(28)13-31-26(30)20-10-18-4-3-5-19(11-20)25(18)29/h6-9,18-20H,3-5,10-14H2,1-2H3. The number of Topliss-reactive ketones (excluding diaryl/α,β-unsaturated/α-hetero) is 2. The van der Waals surface area contributed by atoms with Crippen LogP contribution in [0.4, 0.5) is 0 Å². The number of ketones is 2. The van der Waals surface area contributed by atoms with Gasteiger partial charge in [0.2, 0.25) is 12.6 Å². The number of hydrogen-bond acceptors (Lipinski definition) is 6. The number of nitrogens with zero attached hydrogens (tertiary/aromatic N) is 1. The molecule has 2 unspecified atom stereocenters. The third kappa shape index (κ3) is 4.16. The predicted molar refractivity (Wildman–Crippen MR) is 119 cm³/mol. The maximum atomic E-state index is 12.9. The van der Waals surface area contributed by atoms with Crippen LogP contribution in [0.5, 0.6) is 11.5 Å². The zero-order valence-corrected chi connectivity index (χ0v) is 19.1. The van der Waals surface area contributed by atoms with Crippen molar-refractivity contribution >= 4 is 17.5 Å². The number of carbonyl (C=O) groups excluding carboxylic acids is 3. The van der Waals surface area contributed by atoms with Crippen molar-refractivity contribution in [3.05, 3.63) is 46.8 Å². The van der Waals surface area contributed by atoms with E-state index < -0.39 is 0 Å². The number of benzene rings is 1. The molecule has 1 aliphatic heterocycles. The molecule has 1 aromatic heterocycles. The monoisotopic (exact) mass is 451 g/mol. The molecule has 0 saturated heterocycles. The first-order chi connectivity index (χ1) is 15.9. The molecule has 2 aromatic rings. The third-order valence-corrected chi connectivity index (χ3v) is 7.38. The van der Waals surface area contributed by atoms with Crippen molar-refractivity contribution in [2.45, 2.75) is 52.5 Å². The SMILES string of the molecule is Cc1cc(C(=O)COC(=O)C2CC3CCCC(C2)C3=O)c(C)n1Cc1ccc2c(c1)OCO2. The molecule has 2 bridgehead atoms. The fourth-order valence-corrected chi connectivity index (χ4v) is 5.55. The number of fused-ring (bicyclic) bond motifs is 3. The second-order valence-corrected chi connectivity index (χ2v) is 9.48. The van der Waals surface area contributed by atoms with Crippen LogP contribution in [0.2, 0.25) is 0 Å². The predicted octanol–water partition coefficient (Wildman–Crippen LogP) is 4.00. The molecule has 3 aliphatic rings. The van der Waals surface area contributed by atoms with E-state index in [1.807, 2.05) is 38.1 Å². The minimum atomic E-state index is -0.345. The zero-order chi connectivity index (χ0) is 23.1. The molecule has 0 spiro atoms. The number of esters is 1. The zero-order valence-electron chi connectivity index (χ0n) is 19.1. The summed E-state index contributed by atoms with van der Waals surface area (Å²) in [6.45, 7) is 4.42. The molecule has 7 heteroatoms. The molecule has 2 atom stereocenters. The second kappa shape index (κ2) is 8.69. The summed E-state index contributed by atoms with van der Waals surface area (Å²) in [6.07, 6.45) is 3.92. The molecule has 0 amide bonds. The molecule has 0 N–H and O–H groups in total. The molecule has 2 saturated carbocycles. The Hall–Kier alpha value is -3.09. The third-order valence-electron chi connectivity index (χ3n) is 7.38. The second-order valence-electron chi connectivity index (χ2n) is 9.48. The van der Waals surface area contributed by atoms with Crippen LogP contribution < -0.4 is 9.47 Å². The summed E-state index contributed by atoms with van der Waals surface area (Å²) in [7, 11) is 0. The van der Waals surface area contributed by atoms with Crippen LogP contribution in [-0.4, -0.2) is 35.5 Å². The lowest BCUT2D eigenvalue weighted by atomic mass is 9.67. The van der Waals surface area contributed by atoms with Gasteiger partial charge in [0.05, 0.1) is 5.92 Å². The minimum Gasteiger partial charge on any atom is -0.457 e. The number of carbonyl (C=O) groups is 3. The van der Waals surface area contributed by atoms with Gasteiger partial charge in [-0.15, -0.1) is 0 Å². The molecule has 7 nitrogen and oxygen atoms in total. The van der Waals surface area contributed by atoms with Crippen molar-refractivity contribution in [3.8, 4) is 11.5 Å². The van der Waals surface area contributed by atoms with Crippen LogP contribution in [0, 0.1) is 31.6 Å². The van der Waals surface area contributed by atoms with E-state index in [2.05, 4.69) is 4.57 Å². The summed E-state index contributed by atoms with van der Waals surface area (Å²) in [6, 6.07) is 7.68. The Balaban J connectivity index is 1.22. The lowest BCUT2D eigenvalue weighted by molar-refractivity contribution is -0.152. The summed E-state index contributed by atoms with van der Waals surface area (Å²) in [5.41, 5.74) is 3.41. The van der Waals surface area contributed by atoms with Crippen molar-refractivity contribution in [2.24, 2.45) is 17.8 Å². The minimum absolute atomic E-state index is 0.0131. The molecule has 2 fully saturated rings. The van der Waals surface area contributed by atoms with E-state index in [9.17, 15) is 14.4 Å². The number of ether oxygens (including phenoxy) is 3. The largest absolute Gasteiger partial charge is 0.457 e. The van der Waals surface area contributed by atoms with Gasteiger partial charge in [-0.3, -0.25) is 14.4 Å². The Morgan fingerprint density at radius 2 is 1.79 bits per heavy atom. The van der Waals surface area contributed by atoms with Gasteiger partial charge in [0.15, 0.2) is 18.1 Å². The van der Waals surface area contributed by atoms with Gasteiger partial charge < -0.3 is 18.8 Å². The lowest BCUT2D eigenvalue weighted by Crippen LogP contribution is -2.39. The Kier molecular flexibility index (Phi) is 5.72. The normalized spacial score (nSPS) is 23.5. The number of aryl methyl sites for hydroxylation is 1. The fraction of sp³-hybridized carbons (Fsp3) is 0.500. The summed E-state index contributed by atoms with van der Waals surface area (Å²) < 4.78 is 18.3. The lowest BCUT2D eigenvalue weighted by Gasteiger charge is -2.36. The molecule has 2 heterocycles. The highest BCUT2D eigenvalue weighted by molar-refractivity contribution is 5.99. The first kappa shape index (κ1) is 21.7. The Morgan fingerprint density at radius 3 is 2.55 bits per heavy atom. The summed E-state index contributed by atoms with van der Waals surface area (Å²) >= 11 is 0. The Morgan fingerprint density at radius 1 is 1.06 bits per heavy atom. The van der Waals surface area contributed by atoms with Crippen molar-refractivity contribution in [2.75, 3.05) is 13.4 Å². The van der Waals surface area contributed by atoms with E-state index in [1.54, 1.807) is 0 Å². The van der Waals surface area contributed by atoms with Crippen LogP contribution in [0.15, 0.2) is 24.3 Å². The Labute approximate surface area is 193 Å². The average molecular weight is 452 g/mol. The highest BCUT2D eigenvalue weighted by Gasteiger charge is 2.42. The molecular weight excluding hydrogens is 422 g/mol. The summed E-state index contributed by atoms with van der Waals surface area (Å²) in [4.78, 5) is 37.8. The van der Waals surface area contributed by atoms with Gasteiger partial charge in [0.1, 0.15) is 5.78 Å². The van der Waals surface area contributed by atoms with E-state index in [0.717, 1.165) is 47.7 Å². The maximum absolute atomic E-state index is 12.9. The van der Waals surface area contributed by atoms with Crippen molar-refractivity contribution < 1.29 is 28.6 Å². The molecule has 0 radical (unpaired) electrons. The highest BCUT2D eigenvalue weighted by Crippen LogP contribution is 2.40. The average Bonchev–Trinajstić information content (AvgIpc) is 3.36. The van der Waals surface area contributed by atoms with Gasteiger partial charge in [0, 0.05) is 35.3 Å². The molecule has 1 aromatic carbocycles. The van der Waals surface area contributed by atoms with Gasteiger partial charge in [-0.2, -0.15) is 0 Å². The number of aromatic nitrogens is 1. The van der Waals surface area contributed by atoms with Gasteiger partial charge in [-0.1, -0.05) is 12.5 Å². The Bertz CT molecular complexity index is 1100. The highest BCUT2D eigenvalue weighted by atomic mass is 16.7. The van der Waals surface area contributed by atoms with Crippen molar-refractivity contribution in [3.63, 3.8) is 0 Å². The maximum Gasteiger partial charge on any atom is 0.309 e. The van der Waals surface area contributed by atoms with Crippen LogP contribution in [-0.2, 0) is 20.9 Å². The topological polar surface area (TPSA) is 83.8 Å². The van der Waals surface area contributed by atoms with Crippen LogP contribution in [0.25, 0.3) is 0 Å². The molecular formula is C26H29NO6.